The number of rotatable bonds is 10. The van der Waals surface area contributed by atoms with E-state index in [-0.39, 0.29) is 0 Å². The van der Waals surface area contributed by atoms with Crippen molar-refractivity contribution < 1.29 is 0 Å². The van der Waals surface area contributed by atoms with E-state index in [0.29, 0.717) is 13.0 Å². The maximum Gasteiger partial charge on any atom is 0.0469 e. The average molecular weight is 299 g/mol. The lowest BCUT2D eigenvalue weighted by molar-refractivity contribution is 1.02. The van der Waals surface area contributed by atoms with E-state index >= 15 is 0 Å². The Balaban J connectivity index is 5.26. The zero-order valence-corrected chi connectivity index (χ0v) is 14.2. The Morgan fingerprint density at radius 3 is 2.41 bits per heavy atom. The molecule has 0 radical (unpaired) electrons. The fourth-order valence-corrected chi connectivity index (χ4v) is 2.06. The number of aliphatic imine (C=N–C) groups is 2. The first-order valence-corrected chi connectivity index (χ1v) is 7.57. The van der Waals surface area contributed by atoms with Gasteiger partial charge in [-0.25, -0.2) is 0 Å². The molecule has 0 saturated carbocycles. The predicted octanol–water partition coefficient (Wildman–Crippen LogP) is 4.75. The highest BCUT2D eigenvalue weighted by Crippen LogP contribution is 2.14. The number of allylic oxidation sites excluding steroid dienone is 7. The molecule has 0 aromatic heterocycles. The molecule has 2 N–H and O–H groups in total. The molecule has 0 spiro atoms. The van der Waals surface area contributed by atoms with Crippen molar-refractivity contribution in [3.05, 3.63) is 60.0 Å². The minimum absolute atomic E-state index is 0.541. The van der Waals surface area contributed by atoms with Gasteiger partial charge in [0, 0.05) is 24.0 Å². The van der Waals surface area contributed by atoms with Crippen LogP contribution in [0.1, 0.15) is 40.0 Å². The van der Waals surface area contributed by atoms with Gasteiger partial charge in [0.15, 0.2) is 0 Å². The minimum Gasteiger partial charge on any atom is -0.330 e. The molecular weight excluding hydrogens is 270 g/mol. The Morgan fingerprint density at radius 1 is 1.27 bits per heavy atom. The van der Waals surface area contributed by atoms with Gasteiger partial charge in [0.2, 0.25) is 0 Å². The highest BCUT2D eigenvalue weighted by molar-refractivity contribution is 6.01. The van der Waals surface area contributed by atoms with Gasteiger partial charge in [-0.1, -0.05) is 38.3 Å². The van der Waals surface area contributed by atoms with Gasteiger partial charge in [0.1, 0.15) is 0 Å². The third-order valence-corrected chi connectivity index (χ3v) is 3.16. The highest BCUT2D eigenvalue weighted by atomic mass is 14.8. The summed E-state index contributed by atoms with van der Waals surface area (Å²) in [4.78, 5) is 8.36. The zero-order chi connectivity index (χ0) is 17.0. The van der Waals surface area contributed by atoms with Crippen molar-refractivity contribution in [3.8, 4) is 0 Å². The molecule has 3 nitrogen and oxygen atoms in total. The zero-order valence-electron chi connectivity index (χ0n) is 14.2. The van der Waals surface area contributed by atoms with Crippen LogP contribution in [-0.4, -0.2) is 19.0 Å². The summed E-state index contributed by atoms with van der Waals surface area (Å²) in [6.07, 6.45) is 10.3. The first kappa shape index (κ1) is 20.0. The standard InChI is InChI=1S/C19H29N3/c1-7-17(8-2)16(5)10-9-11-18(14-21-6)19(12-13-20)22-15(3)4/h7,9-10,14H,1,3,6,8,11-13,20H2,2,4-5H3/b10-9-,17-16+,18-14-,22-19?. The summed E-state index contributed by atoms with van der Waals surface area (Å²) in [6.45, 7) is 17.8. The molecule has 0 rings (SSSR count). The van der Waals surface area contributed by atoms with E-state index in [1.165, 1.54) is 11.1 Å². The summed E-state index contributed by atoms with van der Waals surface area (Å²) in [6, 6.07) is 0. The van der Waals surface area contributed by atoms with Gasteiger partial charge in [-0.15, -0.1) is 0 Å². The van der Waals surface area contributed by atoms with Crippen LogP contribution in [0.3, 0.4) is 0 Å². The molecule has 0 atom stereocenters. The molecule has 0 amide bonds. The molecule has 0 fully saturated rings. The van der Waals surface area contributed by atoms with Crippen LogP contribution in [0.2, 0.25) is 0 Å². The Kier molecular flexibility index (Phi) is 10.6. The fraction of sp³-hybridized carbons (Fsp3) is 0.368. The summed E-state index contributed by atoms with van der Waals surface area (Å²) in [5, 5.41) is 0. The second-order valence-corrected chi connectivity index (χ2v) is 5.04. The van der Waals surface area contributed by atoms with Crippen LogP contribution in [0.25, 0.3) is 0 Å². The number of nitrogens with zero attached hydrogens (tertiary/aromatic N) is 2. The van der Waals surface area contributed by atoms with E-state index in [0.717, 1.165) is 29.8 Å². The van der Waals surface area contributed by atoms with Crippen molar-refractivity contribution in [3.63, 3.8) is 0 Å². The van der Waals surface area contributed by atoms with E-state index in [1.54, 1.807) is 6.20 Å². The van der Waals surface area contributed by atoms with Crippen LogP contribution in [0.5, 0.6) is 0 Å². The van der Waals surface area contributed by atoms with Gasteiger partial charge >= 0.3 is 0 Å². The largest absolute Gasteiger partial charge is 0.330 e. The van der Waals surface area contributed by atoms with Crippen molar-refractivity contribution in [2.24, 2.45) is 15.7 Å². The van der Waals surface area contributed by atoms with Crippen LogP contribution in [0, 0.1) is 0 Å². The second-order valence-electron chi connectivity index (χ2n) is 5.04. The summed E-state index contributed by atoms with van der Waals surface area (Å²) in [7, 11) is 0. The molecule has 0 aliphatic rings. The van der Waals surface area contributed by atoms with Gasteiger partial charge in [0.25, 0.3) is 0 Å². The molecule has 0 aromatic rings. The quantitative estimate of drug-likeness (QED) is 0.459. The maximum absolute atomic E-state index is 5.67. The summed E-state index contributed by atoms with van der Waals surface area (Å²) in [5.41, 5.74) is 10.8. The van der Waals surface area contributed by atoms with E-state index < -0.39 is 0 Å². The smallest absolute Gasteiger partial charge is 0.0469 e. The molecule has 0 aromatic carbocycles. The minimum atomic E-state index is 0.541. The lowest BCUT2D eigenvalue weighted by Gasteiger charge is -2.08. The van der Waals surface area contributed by atoms with Gasteiger partial charge in [-0.05, 0) is 56.7 Å². The molecule has 0 saturated heterocycles. The van der Waals surface area contributed by atoms with Crippen LogP contribution < -0.4 is 5.73 Å². The monoisotopic (exact) mass is 299 g/mol. The van der Waals surface area contributed by atoms with Crippen LogP contribution in [0.4, 0.5) is 0 Å². The average Bonchev–Trinajstić information content (AvgIpc) is 2.46. The van der Waals surface area contributed by atoms with E-state index in [9.17, 15) is 0 Å². The molecule has 0 aliphatic carbocycles. The molecule has 0 bridgehead atoms. The third kappa shape index (κ3) is 7.70. The van der Waals surface area contributed by atoms with Gasteiger partial charge < -0.3 is 5.73 Å². The fourth-order valence-electron chi connectivity index (χ4n) is 2.06. The van der Waals surface area contributed by atoms with Gasteiger partial charge in [-0.2, -0.15) is 0 Å². The van der Waals surface area contributed by atoms with E-state index in [4.69, 9.17) is 5.73 Å². The molecule has 0 aliphatic heterocycles. The second kappa shape index (κ2) is 11.6. The molecule has 120 valence electrons. The van der Waals surface area contributed by atoms with Gasteiger partial charge in [0.05, 0.1) is 0 Å². The first-order valence-electron chi connectivity index (χ1n) is 7.57. The molecule has 3 heteroatoms. The SMILES string of the molecule is C=C/C(CC)=C(C)\C=C/C/C(=C/N=C)C(CCN)=NC(=C)C. The summed E-state index contributed by atoms with van der Waals surface area (Å²) >= 11 is 0. The Labute approximate surface area is 135 Å². The lowest BCUT2D eigenvalue weighted by atomic mass is 10.0. The Hall–Kier alpha value is -2.00. The van der Waals surface area contributed by atoms with Crippen molar-refractivity contribution in [1.29, 1.82) is 0 Å². The molecule has 0 unspecified atom stereocenters. The molecule has 0 heterocycles. The van der Waals surface area contributed by atoms with Gasteiger partial charge in [-0.3, -0.25) is 9.98 Å². The number of hydrogen-bond acceptors (Lipinski definition) is 3. The molecular formula is C19H29N3. The third-order valence-electron chi connectivity index (χ3n) is 3.16. The van der Waals surface area contributed by atoms with E-state index in [2.05, 4.69) is 55.9 Å². The Morgan fingerprint density at radius 2 is 1.95 bits per heavy atom. The normalized spacial score (nSPS) is 14.0. The maximum atomic E-state index is 5.67. The predicted molar refractivity (Wildman–Crippen MR) is 100 cm³/mol. The van der Waals surface area contributed by atoms with Crippen molar-refractivity contribution in [1.82, 2.24) is 0 Å². The van der Waals surface area contributed by atoms with Crippen molar-refractivity contribution in [2.75, 3.05) is 6.54 Å². The summed E-state index contributed by atoms with van der Waals surface area (Å²) in [5.74, 6) is 0. The van der Waals surface area contributed by atoms with Crippen LogP contribution in [-0.2, 0) is 0 Å². The Bertz CT molecular complexity index is 517. The molecule has 22 heavy (non-hydrogen) atoms. The highest BCUT2D eigenvalue weighted by Gasteiger charge is 2.05. The van der Waals surface area contributed by atoms with Crippen LogP contribution in [0.15, 0.2) is 70.0 Å². The van der Waals surface area contributed by atoms with E-state index in [1.807, 2.05) is 13.0 Å². The summed E-state index contributed by atoms with van der Waals surface area (Å²) < 4.78 is 0. The topological polar surface area (TPSA) is 50.7 Å². The number of nitrogens with two attached hydrogens (primary N) is 1. The van der Waals surface area contributed by atoms with Crippen molar-refractivity contribution in [2.45, 2.75) is 40.0 Å². The lowest BCUT2D eigenvalue weighted by Crippen LogP contribution is -2.10. The number of hydrogen-bond donors (Lipinski definition) is 1. The van der Waals surface area contributed by atoms with Crippen molar-refractivity contribution >= 4 is 12.4 Å². The van der Waals surface area contributed by atoms with Crippen LogP contribution >= 0.6 is 0 Å². The first-order chi connectivity index (χ1) is 10.5.